The van der Waals surface area contributed by atoms with E-state index >= 15 is 0 Å². The van der Waals surface area contributed by atoms with Crippen LogP contribution in [-0.2, 0) is 20.0 Å². The standard InChI is InChI=1S/C12H19ClN4S/c1-5-9-10-12(16(3)15-9)17(6-7-18-4)11(14-10)8(2)13/h8H,5-7H2,1-4H3. The lowest BCUT2D eigenvalue weighted by Crippen LogP contribution is -2.09. The minimum Gasteiger partial charge on any atom is -0.311 e. The van der Waals surface area contributed by atoms with Crippen LogP contribution in [0.1, 0.15) is 30.7 Å². The van der Waals surface area contributed by atoms with Crippen LogP contribution in [0.25, 0.3) is 11.2 Å². The molecule has 0 bridgehead atoms. The topological polar surface area (TPSA) is 35.6 Å². The zero-order chi connectivity index (χ0) is 13.3. The summed E-state index contributed by atoms with van der Waals surface area (Å²) in [5.74, 6) is 2.00. The minimum atomic E-state index is -0.0797. The van der Waals surface area contributed by atoms with Crippen LogP contribution in [0.2, 0.25) is 0 Å². The second kappa shape index (κ2) is 5.53. The van der Waals surface area contributed by atoms with Gasteiger partial charge in [0.15, 0.2) is 5.65 Å². The fourth-order valence-electron chi connectivity index (χ4n) is 2.20. The van der Waals surface area contributed by atoms with Gasteiger partial charge < -0.3 is 4.57 Å². The second-order valence-corrected chi connectivity index (χ2v) is 5.97. The van der Waals surface area contributed by atoms with Crippen molar-refractivity contribution in [3.63, 3.8) is 0 Å². The fourth-order valence-corrected chi connectivity index (χ4v) is 2.74. The Balaban J connectivity index is 2.61. The van der Waals surface area contributed by atoms with Crippen LogP contribution in [0, 0.1) is 0 Å². The number of imidazole rings is 1. The second-order valence-electron chi connectivity index (χ2n) is 4.33. The quantitative estimate of drug-likeness (QED) is 0.793. The maximum absolute atomic E-state index is 6.24. The monoisotopic (exact) mass is 286 g/mol. The number of halogens is 1. The van der Waals surface area contributed by atoms with E-state index in [-0.39, 0.29) is 5.38 Å². The van der Waals surface area contributed by atoms with Crippen molar-refractivity contribution < 1.29 is 0 Å². The highest BCUT2D eigenvalue weighted by Gasteiger charge is 2.20. The first-order valence-corrected chi connectivity index (χ1v) is 7.98. The maximum atomic E-state index is 6.24. The molecule has 2 rings (SSSR count). The summed E-state index contributed by atoms with van der Waals surface area (Å²) in [7, 11) is 1.97. The summed E-state index contributed by atoms with van der Waals surface area (Å²) in [6.07, 6.45) is 3.01. The summed E-state index contributed by atoms with van der Waals surface area (Å²) in [6.45, 7) is 5.00. The lowest BCUT2D eigenvalue weighted by atomic mass is 10.3. The molecule has 0 N–H and O–H groups in total. The predicted molar refractivity (Wildman–Crippen MR) is 78.5 cm³/mol. The van der Waals surface area contributed by atoms with Crippen LogP contribution in [0.15, 0.2) is 0 Å². The fraction of sp³-hybridized carbons (Fsp3) is 0.667. The molecule has 4 nitrogen and oxygen atoms in total. The lowest BCUT2D eigenvalue weighted by Gasteiger charge is -2.09. The van der Waals surface area contributed by atoms with Gasteiger partial charge in [-0.1, -0.05) is 6.92 Å². The van der Waals surface area contributed by atoms with Crippen molar-refractivity contribution in [3.8, 4) is 0 Å². The SMILES string of the molecule is CCc1nn(C)c2c1nc(C(C)Cl)n2CCSC. The highest BCUT2D eigenvalue weighted by Crippen LogP contribution is 2.26. The number of hydrogen-bond donors (Lipinski definition) is 0. The number of nitrogens with zero attached hydrogens (tertiary/aromatic N) is 4. The molecule has 18 heavy (non-hydrogen) atoms. The van der Waals surface area contributed by atoms with Gasteiger partial charge in [0.05, 0.1) is 11.1 Å². The van der Waals surface area contributed by atoms with E-state index in [4.69, 9.17) is 16.6 Å². The van der Waals surface area contributed by atoms with Crippen LogP contribution < -0.4 is 0 Å². The molecule has 100 valence electrons. The number of aromatic nitrogens is 4. The van der Waals surface area contributed by atoms with E-state index in [9.17, 15) is 0 Å². The third-order valence-corrected chi connectivity index (χ3v) is 3.82. The largest absolute Gasteiger partial charge is 0.311 e. The van der Waals surface area contributed by atoms with Gasteiger partial charge in [0, 0.05) is 19.3 Å². The van der Waals surface area contributed by atoms with Crippen LogP contribution >= 0.6 is 23.4 Å². The zero-order valence-electron chi connectivity index (χ0n) is 11.3. The molecule has 0 amide bonds. The molecule has 2 heterocycles. The smallest absolute Gasteiger partial charge is 0.158 e. The first kappa shape index (κ1) is 13.7. The third kappa shape index (κ3) is 2.26. The maximum Gasteiger partial charge on any atom is 0.158 e. The Morgan fingerprint density at radius 1 is 1.44 bits per heavy atom. The van der Waals surface area contributed by atoms with E-state index in [1.54, 1.807) is 0 Å². The Kier molecular flexibility index (Phi) is 4.22. The predicted octanol–water partition coefficient (Wildman–Crippen LogP) is 3.00. The molecular formula is C12H19ClN4S. The normalized spacial score (nSPS) is 13.4. The van der Waals surface area contributed by atoms with Crippen LogP contribution in [0.4, 0.5) is 0 Å². The van der Waals surface area contributed by atoms with Crippen LogP contribution in [0.5, 0.6) is 0 Å². The number of thioether (sulfide) groups is 1. The van der Waals surface area contributed by atoms with Gasteiger partial charge in [0.2, 0.25) is 0 Å². The van der Waals surface area contributed by atoms with Gasteiger partial charge in [0.1, 0.15) is 11.3 Å². The zero-order valence-corrected chi connectivity index (χ0v) is 12.8. The number of aryl methyl sites for hydroxylation is 3. The first-order valence-electron chi connectivity index (χ1n) is 6.15. The Hall–Kier alpha value is -0.680. The van der Waals surface area contributed by atoms with Crippen molar-refractivity contribution in [2.75, 3.05) is 12.0 Å². The molecule has 6 heteroatoms. The molecule has 2 aromatic heterocycles. The lowest BCUT2D eigenvalue weighted by molar-refractivity contribution is 0.672. The van der Waals surface area contributed by atoms with E-state index in [0.29, 0.717) is 0 Å². The number of rotatable bonds is 5. The van der Waals surface area contributed by atoms with Gasteiger partial charge in [-0.3, -0.25) is 4.68 Å². The molecule has 1 unspecified atom stereocenters. The summed E-state index contributed by atoms with van der Waals surface area (Å²) >= 11 is 8.07. The number of hydrogen-bond acceptors (Lipinski definition) is 3. The van der Waals surface area contributed by atoms with Gasteiger partial charge >= 0.3 is 0 Å². The Morgan fingerprint density at radius 3 is 2.72 bits per heavy atom. The molecule has 1 atom stereocenters. The molecular weight excluding hydrogens is 268 g/mol. The average Bonchev–Trinajstić information content (AvgIpc) is 2.85. The van der Waals surface area contributed by atoms with E-state index in [0.717, 1.165) is 41.4 Å². The van der Waals surface area contributed by atoms with Crippen molar-refractivity contribution in [1.82, 2.24) is 19.3 Å². The Morgan fingerprint density at radius 2 is 2.17 bits per heavy atom. The van der Waals surface area contributed by atoms with Gasteiger partial charge in [-0.15, -0.1) is 11.6 Å². The molecule has 0 saturated heterocycles. The highest BCUT2D eigenvalue weighted by atomic mass is 35.5. The molecule has 0 fully saturated rings. The molecule has 0 aliphatic rings. The summed E-state index contributed by atoms with van der Waals surface area (Å²) in [5.41, 5.74) is 3.14. The van der Waals surface area contributed by atoms with Crippen LogP contribution in [-0.4, -0.2) is 31.3 Å². The van der Waals surface area contributed by atoms with Crippen molar-refractivity contribution in [1.29, 1.82) is 0 Å². The van der Waals surface area contributed by atoms with Gasteiger partial charge in [-0.05, 0) is 19.6 Å². The number of fused-ring (bicyclic) bond motifs is 1. The highest BCUT2D eigenvalue weighted by molar-refractivity contribution is 7.98. The molecule has 0 spiro atoms. The minimum absolute atomic E-state index is 0.0797. The van der Waals surface area contributed by atoms with Crippen molar-refractivity contribution in [3.05, 3.63) is 11.5 Å². The van der Waals surface area contributed by atoms with E-state index in [1.807, 2.05) is 30.4 Å². The summed E-state index contributed by atoms with van der Waals surface area (Å²) in [5, 5.41) is 4.44. The third-order valence-electron chi connectivity index (χ3n) is 3.03. The Labute approximate surface area is 117 Å². The van der Waals surface area contributed by atoms with E-state index < -0.39 is 0 Å². The van der Waals surface area contributed by atoms with Crippen molar-refractivity contribution >= 4 is 34.5 Å². The molecule has 2 aromatic rings. The summed E-state index contributed by atoms with van der Waals surface area (Å²) in [6, 6.07) is 0. The Bertz CT molecular complexity index is 544. The van der Waals surface area contributed by atoms with E-state index in [2.05, 4.69) is 22.8 Å². The summed E-state index contributed by atoms with van der Waals surface area (Å²) in [4.78, 5) is 4.70. The molecule has 0 aliphatic heterocycles. The molecule has 0 radical (unpaired) electrons. The molecule has 0 aliphatic carbocycles. The molecule has 0 aromatic carbocycles. The summed E-state index contributed by atoms with van der Waals surface area (Å²) < 4.78 is 4.12. The van der Waals surface area contributed by atoms with Gasteiger partial charge in [-0.25, -0.2) is 4.98 Å². The molecule has 0 saturated carbocycles. The van der Waals surface area contributed by atoms with Crippen molar-refractivity contribution in [2.24, 2.45) is 7.05 Å². The average molecular weight is 287 g/mol. The van der Waals surface area contributed by atoms with Gasteiger partial charge in [-0.2, -0.15) is 16.9 Å². The van der Waals surface area contributed by atoms with Crippen LogP contribution in [0.3, 0.4) is 0 Å². The number of alkyl halides is 1. The van der Waals surface area contributed by atoms with E-state index in [1.165, 1.54) is 0 Å². The van der Waals surface area contributed by atoms with Crippen molar-refractivity contribution in [2.45, 2.75) is 32.2 Å². The first-order chi connectivity index (χ1) is 8.60. The van der Waals surface area contributed by atoms with Gasteiger partial charge in [0.25, 0.3) is 0 Å².